The van der Waals surface area contributed by atoms with Crippen LogP contribution in [0.2, 0.25) is 0 Å². The summed E-state index contributed by atoms with van der Waals surface area (Å²) in [7, 11) is 1.53. The van der Waals surface area contributed by atoms with E-state index in [4.69, 9.17) is 9.47 Å². The number of hydrogen-bond donors (Lipinski definition) is 2. The van der Waals surface area contributed by atoms with Crippen LogP contribution in [-0.4, -0.2) is 80.1 Å². The fraction of sp³-hybridized carbons (Fsp3) is 0.308. The lowest BCUT2D eigenvalue weighted by Crippen LogP contribution is -2.46. The lowest BCUT2D eigenvalue weighted by atomic mass is 10.1. The first-order valence-electron chi connectivity index (χ1n) is 11.4. The number of methoxy groups -OCH3 is 1. The fourth-order valence-electron chi connectivity index (χ4n) is 4.03. The lowest BCUT2D eigenvalue weighted by molar-refractivity contribution is -0.108. The molecule has 5 amide bonds. The van der Waals surface area contributed by atoms with Crippen molar-refractivity contribution < 1.29 is 28.7 Å². The summed E-state index contributed by atoms with van der Waals surface area (Å²) in [5.41, 5.74) is 2.58. The Morgan fingerprint density at radius 1 is 1.17 bits per heavy atom. The third kappa shape index (κ3) is 5.82. The molecule has 10 nitrogen and oxygen atoms in total. The minimum absolute atomic E-state index is 0.0633. The molecule has 10 heteroatoms. The van der Waals surface area contributed by atoms with Crippen molar-refractivity contribution in [3.8, 4) is 17.6 Å². The van der Waals surface area contributed by atoms with E-state index in [0.717, 1.165) is 5.56 Å². The maximum absolute atomic E-state index is 12.9. The van der Waals surface area contributed by atoms with E-state index >= 15 is 0 Å². The number of amides is 5. The number of benzene rings is 2. The highest BCUT2D eigenvalue weighted by molar-refractivity contribution is 5.99. The maximum Gasteiger partial charge on any atom is 0.322 e. The normalized spacial score (nSPS) is 15.3. The van der Waals surface area contributed by atoms with Gasteiger partial charge in [0.25, 0.3) is 11.8 Å². The van der Waals surface area contributed by atoms with E-state index in [1.165, 1.54) is 7.11 Å². The third-order valence-electron chi connectivity index (χ3n) is 5.92. The summed E-state index contributed by atoms with van der Waals surface area (Å²) < 4.78 is 10.5. The predicted octanol–water partition coefficient (Wildman–Crippen LogP) is 0.999. The molecule has 0 unspecified atom stereocenters. The average molecular weight is 491 g/mol. The van der Waals surface area contributed by atoms with Gasteiger partial charge in [-0.2, -0.15) is 0 Å². The number of fused-ring (bicyclic) bond motifs is 1. The molecule has 1 saturated heterocycles. The van der Waals surface area contributed by atoms with E-state index in [1.54, 1.807) is 46.2 Å². The van der Waals surface area contributed by atoms with Crippen LogP contribution in [0.3, 0.4) is 0 Å². The van der Waals surface area contributed by atoms with E-state index in [1.807, 2.05) is 11.4 Å². The van der Waals surface area contributed by atoms with E-state index in [2.05, 4.69) is 17.2 Å². The van der Waals surface area contributed by atoms with Crippen molar-refractivity contribution in [1.82, 2.24) is 20.4 Å². The Bertz CT molecular complexity index is 1210. The minimum atomic E-state index is -0.750. The Labute approximate surface area is 208 Å². The standard InChI is InChI=1S/C26H26N4O6/c1-35-22-9-7-20-15-30(25(33)23(20)14-22)16-21(28-26(34)27-17-31)8-4-18-2-5-19(6-3-18)24(32)29-10-12-36-13-11-29/h2-3,5-7,9,14,17,21H,10-13,15-16H2,1H3,(H2,27,28,31,34)/t21-/m1/s1. The number of hydrogen-bond acceptors (Lipinski definition) is 6. The van der Waals surface area contributed by atoms with Crippen LogP contribution in [0, 0.1) is 11.8 Å². The van der Waals surface area contributed by atoms with Crippen molar-refractivity contribution in [3.63, 3.8) is 0 Å². The number of urea groups is 1. The SMILES string of the molecule is COc1ccc2c(c1)C(=O)N(C[C@@H](C#Cc1ccc(C(=O)N3CCOCC3)cc1)NC(=O)NC=O)C2. The van der Waals surface area contributed by atoms with Gasteiger partial charge in [0.15, 0.2) is 0 Å². The molecule has 1 fully saturated rings. The van der Waals surface area contributed by atoms with Crippen LogP contribution in [0.4, 0.5) is 4.79 Å². The maximum atomic E-state index is 12.9. The molecule has 1 atom stereocenters. The molecule has 2 heterocycles. The van der Waals surface area contributed by atoms with Crippen molar-refractivity contribution in [3.05, 3.63) is 64.7 Å². The number of carbonyl (C=O) groups excluding carboxylic acids is 4. The van der Waals surface area contributed by atoms with Crippen LogP contribution < -0.4 is 15.4 Å². The minimum Gasteiger partial charge on any atom is -0.497 e. The van der Waals surface area contributed by atoms with Crippen LogP contribution >= 0.6 is 0 Å². The Hall–Kier alpha value is -4.36. The number of ether oxygens (including phenoxy) is 2. The van der Waals surface area contributed by atoms with Crippen molar-refractivity contribution in [2.45, 2.75) is 12.6 Å². The second kappa shape index (κ2) is 11.4. The molecule has 4 rings (SSSR count). The molecule has 0 radical (unpaired) electrons. The Morgan fingerprint density at radius 3 is 2.61 bits per heavy atom. The van der Waals surface area contributed by atoms with Crippen LogP contribution in [-0.2, 0) is 16.1 Å². The van der Waals surface area contributed by atoms with Gasteiger partial charge in [0.05, 0.1) is 26.9 Å². The van der Waals surface area contributed by atoms with Crippen LogP contribution in [0.5, 0.6) is 5.75 Å². The Morgan fingerprint density at radius 2 is 1.92 bits per heavy atom. The van der Waals surface area contributed by atoms with Gasteiger partial charge in [0.2, 0.25) is 6.41 Å². The van der Waals surface area contributed by atoms with Crippen LogP contribution in [0.15, 0.2) is 42.5 Å². The smallest absolute Gasteiger partial charge is 0.322 e. The molecular formula is C26H26N4O6. The van der Waals surface area contributed by atoms with Gasteiger partial charge in [-0.25, -0.2) is 4.79 Å². The van der Waals surface area contributed by atoms with Crippen LogP contribution in [0.1, 0.15) is 31.8 Å². The number of nitrogens with zero attached hydrogens (tertiary/aromatic N) is 2. The molecule has 0 aromatic heterocycles. The number of carbonyl (C=O) groups is 4. The largest absolute Gasteiger partial charge is 0.497 e. The molecule has 2 aliphatic heterocycles. The second-order valence-electron chi connectivity index (χ2n) is 8.25. The summed E-state index contributed by atoms with van der Waals surface area (Å²) in [6.45, 7) is 2.65. The van der Waals surface area contributed by atoms with E-state index in [0.29, 0.717) is 55.3 Å². The number of imide groups is 1. The molecule has 2 aliphatic rings. The lowest BCUT2D eigenvalue weighted by Gasteiger charge is -2.26. The second-order valence-corrected chi connectivity index (χ2v) is 8.25. The van der Waals surface area contributed by atoms with Gasteiger partial charge in [0, 0.05) is 36.3 Å². The van der Waals surface area contributed by atoms with E-state index < -0.39 is 12.1 Å². The molecule has 0 aliphatic carbocycles. The van der Waals surface area contributed by atoms with Gasteiger partial charge in [-0.05, 0) is 42.0 Å². The molecule has 2 aromatic rings. The zero-order valence-electron chi connectivity index (χ0n) is 19.8. The van der Waals surface area contributed by atoms with Gasteiger partial charge in [0.1, 0.15) is 11.8 Å². The van der Waals surface area contributed by atoms with Gasteiger partial charge in [-0.3, -0.25) is 19.7 Å². The van der Waals surface area contributed by atoms with Crippen molar-refractivity contribution in [2.24, 2.45) is 0 Å². The van der Waals surface area contributed by atoms with Crippen molar-refractivity contribution >= 4 is 24.3 Å². The third-order valence-corrected chi connectivity index (χ3v) is 5.92. The molecule has 36 heavy (non-hydrogen) atoms. The number of nitrogens with one attached hydrogen (secondary N) is 2. The molecule has 0 spiro atoms. The van der Waals surface area contributed by atoms with Gasteiger partial charge < -0.3 is 24.6 Å². The summed E-state index contributed by atoms with van der Waals surface area (Å²) in [6.07, 6.45) is 0.271. The summed E-state index contributed by atoms with van der Waals surface area (Å²) >= 11 is 0. The van der Waals surface area contributed by atoms with Crippen molar-refractivity contribution in [2.75, 3.05) is 40.0 Å². The predicted molar refractivity (Wildman–Crippen MR) is 129 cm³/mol. The summed E-state index contributed by atoms with van der Waals surface area (Å²) in [5.74, 6) is 6.27. The quantitative estimate of drug-likeness (QED) is 0.461. The zero-order chi connectivity index (χ0) is 25.5. The fourth-order valence-corrected chi connectivity index (χ4v) is 4.03. The molecule has 0 saturated carbocycles. The first-order chi connectivity index (χ1) is 17.5. The van der Waals surface area contributed by atoms with Crippen molar-refractivity contribution in [1.29, 1.82) is 0 Å². The van der Waals surface area contributed by atoms with Crippen LogP contribution in [0.25, 0.3) is 0 Å². The van der Waals surface area contributed by atoms with Gasteiger partial charge in [-0.15, -0.1) is 0 Å². The Balaban J connectivity index is 1.47. The van der Waals surface area contributed by atoms with E-state index in [9.17, 15) is 19.2 Å². The monoisotopic (exact) mass is 490 g/mol. The molecule has 186 valence electrons. The van der Waals surface area contributed by atoms with Gasteiger partial charge >= 0.3 is 6.03 Å². The summed E-state index contributed by atoms with van der Waals surface area (Å²) in [4.78, 5) is 51.5. The highest BCUT2D eigenvalue weighted by atomic mass is 16.5. The topological polar surface area (TPSA) is 117 Å². The summed E-state index contributed by atoms with van der Waals surface area (Å²) in [5, 5.41) is 4.64. The molecular weight excluding hydrogens is 464 g/mol. The first-order valence-corrected chi connectivity index (χ1v) is 11.4. The number of rotatable bonds is 6. The highest BCUT2D eigenvalue weighted by Crippen LogP contribution is 2.26. The first kappa shape index (κ1) is 24.8. The molecule has 2 N–H and O–H groups in total. The molecule has 2 aromatic carbocycles. The van der Waals surface area contributed by atoms with Gasteiger partial charge in [-0.1, -0.05) is 17.9 Å². The summed E-state index contributed by atoms with van der Waals surface area (Å²) in [6, 6.07) is 10.7. The zero-order valence-corrected chi connectivity index (χ0v) is 19.8. The number of morpholine rings is 1. The average Bonchev–Trinajstić information content (AvgIpc) is 3.22. The highest BCUT2D eigenvalue weighted by Gasteiger charge is 2.29. The Kier molecular flexibility index (Phi) is 7.82. The molecule has 0 bridgehead atoms. The van der Waals surface area contributed by atoms with E-state index in [-0.39, 0.29) is 24.8 Å².